The van der Waals surface area contributed by atoms with Gasteiger partial charge < -0.3 is 11.1 Å². The second-order valence-corrected chi connectivity index (χ2v) is 5.22. The second-order valence-electron chi connectivity index (χ2n) is 5.22. The van der Waals surface area contributed by atoms with E-state index in [4.69, 9.17) is 5.73 Å². The number of amides is 1. The van der Waals surface area contributed by atoms with Gasteiger partial charge in [-0.25, -0.2) is 0 Å². The van der Waals surface area contributed by atoms with E-state index in [1.165, 1.54) is 5.39 Å². The van der Waals surface area contributed by atoms with Gasteiger partial charge in [0, 0.05) is 18.2 Å². The molecule has 2 aromatic carbocycles. The van der Waals surface area contributed by atoms with Gasteiger partial charge in [-0.3, -0.25) is 4.79 Å². The third-order valence-electron chi connectivity index (χ3n) is 3.31. The molecule has 1 unspecified atom stereocenters. The van der Waals surface area contributed by atoms with Gasteiger partial charge in [-0.1, -0.05) is 44.2 Å². The minimum atomic E-state index is -0.0968. The molecule has 2 aromatic rings. The zero-order valence-electron chi connectivity index (χ0n) is 11.4. The maximum Gasteiger partial charge on any atom is 0.225 e. The summed E-state index contributed by atoms with van der Waals surface area (Å²) in [5.74, 6) is 0.277. The lowest BCUT2D eigenvalue weighted by molar-refractivity contribution is -0.116. The van der Waals surface area contributed by atoms with E-state index in [1.807, 2.05) is 50.2 Å². The van der Waals surface area contributed by atoms with Gasteiger partial charge in [0.2, 0.25) is 5.91 Å². The molecule has 3 nitrogen and oxygen atoms in total. The first-order valence-corrected chi connectivity index (χ1v) is 6.60. The molecule has 0 heterocycles. The molecule has 0 saturated heterocycles. The summed E-state index contributed by atoms with van der Waals surface area (Å²) in [6.07, 6.45) is 0.352. The number of anilines is 1. The Balaban J connectivity index is 2.07. The number of rotatable bonds is 4. The zero-order valence-corrected chi connectivity index (χ0v) is 11.4. The summed E-state index contributed by atoms with van der Waals surface area (Å²) in [6.45, 7) is 4.04. The summed E-state index contributed by atoms with van der Waals surface area (Å²) < 4.78 is 0. The Labute approximate surface area is 113 Å². The van der Waals surface area contributed by atoms with Gasteiger partial charge in [-0.15, -0.1) is 0 Å². The normalized spacial score (nSPS) is 12.6. The fourth-order valence-corrected chi connectivity index (χ4v) is 1.93. The number of hydrogen-bond acceptors (Lipinski definition) is 2. The highest BCUT2D eigenvalue weighted by Gasteiger charge is 2.13. The highest BCUT2D eigenvalue weighted by atomic mass is 16.1. The lowest BCUT2D eigenvalue weighted by Gasteiger charge is -2.15. The van der Waals surface area contributed by atoms with E-state index in [2.05, 4.69) is 11.4 Å². The molecule has 1 atom stereocenters. The van der Waals surface area contributed by atoms with E-state index in [0.717, 1.165) is 11.1 Å². The van der Waals surface area contributed by atoms with Crippen LogP contribution in [0.4, 0.5) is 5.69 Å². The van der Waals surface area contributed by atoms with Gasteiger partial charge in [0.15, 0.2) is 0 Å². The van der Waals surface area contributed by atoms with Crippen molar-refractivity contribution >= 4 is 22.4 Å². The van der Waals surface area contributed by atoms with Crippen LogP contribution in [-0.4, -0.2) is 11.9 Å². The maximum atomic E-state index is 11.9. The Kier molecular flexibility index (Phi) is 4.17. The van der Waals surface area contributed by atoms with Crippen molar-refractivity contribution in [3.8, 4) is 0 Å². The van der Waals surface area contributed by atoms with Crippen LogP contribution in [0.2, 0.25) is 0 Å². The average molecular weight is 256 g/mol. The maximum absolute atomic E-state index is 11.9. The smallest absolute Gasteiger partial charge is 0.225 e. The first-order chi connectivity index (χ1) is 9.06. The number of fused-ring (bicyclic) bond motifs is 1. The standard InChI is InChI=1S/C16H20N2O/c1-11(2)15(17)10-16(19)18-14-8-7-12-5-3-4-6-13(12)9-14/h3-9,11,15H,10,17H2,1-2H3,(H,18,19). The van der Waals surface area contributed by atoms with Crippen molar-refractivity contribution in [2.75, 3.05) is 5.32 Å². The van der Waals surface area contributed by atoms with Crippen LogP contribution in [0.5, 0.6) is 0 Å². The molecule has 0 bridgehead atoms. The molecule has 0 aliphatic rings. The third kappa shape index (κ3) is 3.55. The van der Waals surface area contributed by atoms with Gasteiger partial charge in [0.25, 0.3) is 0 Å². The Morgan fingerprint density at radius 3 is 2.53 bits per heavy atom. The molecule has 1 amide bonds. The van der Waals surface area contributed by atoms with Crippen molar-refractivity contribution in [3.05, 3.63) is 42.5 Å². The van der Waals surface area contributed by atoms with Gasteiger partial charge in [-0.2, -0.15) is 0 Å². The monoisotopic (exact) mass is 256 g/mol. The topological polar surface area (TPSA) is 55.1 Å². The molecule has 100 valence electrons. The summed E-state index contributed by atoms with van der Waals surface area (Å²) in [5.41, 5.74) is 6.72. The Morgan fingerprint density at radius 1 is 1.16 bits per heavy atom. The molecule has 0 aliphatic heterocycles. The molecular formula is C16H20N2O. The van der Waals surface area contributed by atoms with Crippen LogP contribution in [0.15, 0.2) is 42.5 Å². The average Bonchev–Trinajstić information content (AvgIpc) is 2.38. The fourth-order valence-electron chi connectivity index (χ4n) is 1.93. The zero-order chi connectivity index (χ0) is 13.8. The summed E-state index contributed by atoms with van der Waals surface area (Å²) >= 11 is 0. The summed E-state index contributed by atoms with van der Waals surface area (Å²) in [5, 5.41) is 5.19. The molecular weight excluding hydrogens is 236 g/mol. The van der Waals surface area contributed by atoms with E-state index in [0.29, 0.717) is 12.3 Å². The SMILES string of the molecule is CC(C)C(N)CC(=O)Nc1ccc2ccccc2c1. The molecule has 0 saturated carbocycles. The van der Waals surface area contributed by atoms with Crippen LogP contribution in [-0.2, 0) is 4.79 Å². The number of nitrogens with one attached hydrogen (secondary N) is 1. The quantitative estimate of drug-likeness (QED) is 0.883. The van der Waals surface area contributed by atoms with Crippen molar-refractivity contribution in [2.24, 2.45) is 11.7 Å². The van der Waals surface area contributed by atoms with Crippen LogP contribution in [0.1, 0.15) is 20.3 Å². The minimum absolute atomic E-state index is 0.0310. The second kappa shape index (κ2) is 5.85. The predicted octanol–water partition coefficient (Wildman–Crippen LogP) is 3.15. The predicted molar refractivity (Wildman–Crippen MR) is 80.0 cm³/mol. The number of hydrogen-bond donors (Lipinski definition) is 2. The molecule has 0 aromatic heterocycles. The number of nitrogens with two attached hydrogens (primary N) is 1. The molecule has 2 rings (SSSR count). The fraction of sp³-hybridized carbons (Fsp3) is 0.312. The van der Waals surface area contributed by atoms with Crippen molar-refractivity contribution in [3.63, 3.8) is 0 Å². The van der Waals surface area contributed by atoms with E-state index in [9.17, 15) is 4.79 Å². The van der Waals surface area contributed by atoms with E-state index in [-0.39, 0.29) is 11.9 Å². The van der Waals surface area contributed by atoms with Gasteiger partial charge in [0.1, 0.15) is 0 Å². The van der Waals surface area contributed by atoms with Crippen molar-refractivity contribution in [2.45, 2.75) is 26.3 Å². The summed E-state index contributed by atoms with van der Waals surface area (Å²) in [4.78, 5) is 11.9. The number of benzene rings is 2. The minimum Gasteiger partial charge on any atom is -0.327 e. The van der Waals surface area contributed by atoms with Crippen molar-refractivity contribution < 1.29 is 4.79 Å². The Hall–Kier alpha value is -1.87. The van der Waals surface area contributed by atoms with Crippen LogP contribution >= 0.6 is 0 Å². The Bertz CT molecular complexity index is 578. The number of carbonyl (C=O) groups is 1. The summed E-state index contributed by atoms with van der Waals surface area (Å²) in [7, 11) is 0. The summed E-state index contributed by atoms with van der Waals surface area (Å²) in [6, 6.07) is 13.9. The van der Waals surface area contributed by atoms with Crippen LogP contribution < -0.4 is 11.1 Å². The van der Waals surface area contributed by atoms with Gasteiger partial charge >= 0.3 is 0 Å². The highest BCUT2D eigenvalue weighted by Crippen LogP contribution is 2.19. The molecule has 19 heavy (non-hydrogen) atoms. The van der Waals surface area contributed by atoms with E-state index >= 15 is 0 Å². The molecule has 3 heteroatoms. The Morgan fingerprint density at radius 2 is 1.84 bits per heavy atom. The lowest BCUT2D eigenvalue weighted by Crippen LogP contribution is -2.31. The largest absolute Gasteiger partial charge is 0.327 e. The lowest BCUT2D eigenvalue weighted by atomic mass is 10.0. The molecule has 0 spiro atoms. The molecule has 0 aliphatic carbocycles. The van der Waals surface area contributed by atoms with Gasteiger partial charge in [0.05, 0.1) is 0 Å². The molecule has 0 radical (unpaired) electrons. The molecule has 0 fully saturated rings. The van der Waals surface area contributed by atoms with Crippen LogP contribution in [0.3, 0.4) is 0 Å². The van der Waals surface area contributed by atoms with E-state index < -0.39 is 0 Å². The third-order valence-corrected chi connectivity index (χ3v) is 3.31. The van der Waals surface area contributed by atoms with E-state index in [1.54, 1.807) is 0 Å². The first-order valence-electron chi connectivity index (χ1n) is 6.60. The first kappa shape index (κ1) is 13.6. The highest BCUT2D eigenvalue weighted by molar-refractivity contribution is 5.94. The number of carbonyl (C=O) groups excluding carboxylic acids is 1. The van der Waals surface area contributed by atoms with Crippen molar-refractivity contribution in [1.82, 2.24) is 0 Å². The molecule has 3 N–H and O–H groups in total. The van der Waals surface area contributed by atoms with Gasteiger partial charge in [-0.05, 0) is 28.8 Å². The van der Waals surface area contributed by atoms with Crippen molar-refractivity contribution in [1.29, 1.82) is 0 Å². The van der Waals surface area contributed by atoms with Crippen LogP contribution in [0.25, 0.3) is 10.8 Å². The van der Waals surface area contributed by atoms with Crippen LogP contribution in [0, 0.1) is 5.92 Å².